The minimum atomic E-state index is -4.51. The van der Waals surface area contributed by atoms with Crippen molar-refractivity contribution in [1.29, 1.82) is 0 Å². The Hall–Kier alpha value is -2.34. The molecule has 1 heterocycles. The summed E-state index contributed by atoms with van der Waals surface area (Å²) in [5, 5.41) is 2.45. The maximum absolute atomic E-state index is 13.8. The minimum absolute atomic E-state index is 0.00654. The van der Waals surface area contributed by atoms with Gasteiger partial charge >= 0.3 is 6.18 Å². The van der Waals surface area contributed by atoms with E-state index in [1.807, 2.05) is 0 Å². The summed E-state index contributed by atoms with van der Waals surface area (Å²) in [5.41, 5.74) is -0.514. The molecule has 0 bridgehead atoms. The van der Waals surface area contributed by atoms with Crippen molar-refractivity contribution in [2.45, 2.75) is 6.18 Å². The Morgan fingerprint density at radius 1 is 1.13 bits per heavy atom. The van der Waals surface area contributed by atoms with E-state index in [4.69, 9.17) is 11.6 Å². The van der Waals surface area contributed by atoms with E-state index >= 15 is 0 Å². The quantitative estimate of drug-likeness (QED) is 0.574. The van der Waals surface area contributed by atoms with Gasteiger partial charge in [-0.1, -0.05) is 23.7 Å². The first kappa shape index (κ1) is 15.6. The van der Waals surface area contributed by atoms with E-state index in [-0.39, 0.29) is 27.4 Å². The van der Waals surface area contributed by atoms with Crippen molar-refractivity contribution in [3.8, 4) is 0 Å². The van der Waals surface area contributed by atoms with Crippen LogP contribution in [0.15, 0.2) is 36.4 Å². The van der Waals surface area contributed by atoms with Gasteiger partial charge in [0.25, 0.3) is 5.91 Å². The molecule has 0 fully saturated rings. The monoisotopic (exact) mass is 341 g/mol. The van der Waals surface area contributed by atoms with Gasteiger partial charge in [-0.25, -0.2) is 4.39 Å². The molecule has 1 N–H and O–H groups in total. The van der Waals surface area contributed by atoms with Crippen LogP contribution in [-0.4, -0.2) is 5.91 Å². The third-order valence-electron chi connectivity index (χ3n) is 3.42. The lowest BCUT2D eigenvalue weighted by Crippen LogP contribution is -2.06. The average Bonchev–Trinajstić information content (AvgIpc) is 2.77. The Kier molecular flexibility index (Phi) is 3.64. The summed E-state index contributed by atoms with van der Waals surface area (Å²) >= 11 is 5.90. The van der Waals surface area contributed by atoms with Gasteiger partial charge in [-0.2, -0.15) is 13.2 Å². The highest BCUT2D eigenvalue weighted by molar-refractivity contribution is 6.37. The van der Waals surface area contributed by atoms with E-state index in [0.717, 1.165) is 12.1 Å². The zero-order valence-electron chi connectivity index (χ0n) is 11.3. The van der Waals surface area contributed by atoms with E-state index in [0.29, 0.717) is 0 Å². The van der Waals surface area contributed by atoms with Crippen LogP contribution in [0.1, 0.15) is 16.7 Å². The Morgan fingerprint density at radius 3 is 2.52 bits per heavy atom. The van der Waals surface area contributed by atoms with E-state index in [1.165, 1.54) is 30.3 Å². The van der Waals surface area contributed by atoms with Crippen molar-refractivity contribution in [3.63, 3.8) is 0 Å². The molecule has 7 heteroatoms. The number of anilines is 1. The third kappa shape index (κ3) is 2.82. The molecule has 1 amide bonds. The van der Waals surface area contributed by atoms with Gasteiger partial charge < -0.3 is 5.32 Å². The molecule has 3 rings (SSSR count). The molecule has 0 spiro atoms. The van der Waals surface area contributed by atoms with Crippen LogP contribution in [0.5, 0.6) is 0 Å². The first-order valence-electron chi connectivity index (χ1n) is 6.46. The molecule has 0 unspecified atom stereocenters. The molecule has 0 aliphatic carbocycles. The average molecular weight is 342 g/mol. The molecule has 0 atom stereocenters. The van der Waals surface area contributed by atoms with Gasteiger partial charge in [0.05, 0.1) is 10.6 Å². The van der Waals surface area contributed by atoms with Crippen molar-refractivity contribution in [2.75, 3.05) is 5.32 Å². The second-order valence-electron chi connectivity index (χ2n) is 4.91. The van der Waals surface area contributed by atoms with Crippen molar-refractivity contribution in [2.24, 2.45) is 0 Å². The number of hydrogen-bond donors (Lipinski definition) is 1. The summed E-state index contributed by atoms with van der Waals surface area (Å²) in [5.74, 6) is -1.24. The Morgan fingerprint density at radius 2 is 1.87 bits per heavy atom. The van der Waals surface area contributed by atoms with Gasteiger partial charge in [0, 0.05) is 22.4 Å². The summed E-state index contributed by atoms with van der Waals surface area (Å²) in [4.78, 5) is 12.0. The second-order valence-corrected chi connectivity index (χ2v) is 5.31. The maximum atomic E-state index is 13.8. The molecule has 0 aromatic heterocycles. The maximum Gasteiger partial charge on any atom is 0.416 e. The predicted octanol–water partition coefficient (Wildman–Crippen LogP) is 4.99. The molecule has 1 aliphatic heterocycles. The van der Waals surface area contributed by atoms with Crippen LogP contribution in [0.25, 0.3) is 11.6 Å². The summed E-state index contributed by atoms with van der Waals surface area (Å²) in [7, 11) is 0. The molecule has 0 saturated carbocycles. The van der Waals surface area contributed by atoms with Crippen molar-refractivity contribution in [1.82, 2.24) is 0 Å². The summed E-state index contributed by atoms with van der Waals surface area (Å²) in [6.07, 6.45) is -3.28. The van der Waals surface area contributed by atoms with Gasteiger partial charge in [0.1, 0.15) is 5.82 Å². The lowest BCUT2D eigenvalue weighted by Gasteiger charge is -2.08. The zero-order chi connectivity index (χ0) is 16.8. The molecule has 0 saturated heterocycles. The smallest absolute Gasteiger partial charge is 0.321 e. The highest BCUT2D eigenvalue weighted by atomic mass is 35.5. The third-order valence-corrected chi connectivity index (χ3v) is 3.75. The lowest BCUT2D eigenvalue weighted by atomic mass is 10.0. The summed E-state index contributed by atoms with van der Waals surface area (Å²) in [6, 6.07) is 6.94. The SMILES string of the molecule is O=C1Nc2cc(C(F)(F)F)ccc2/C1=C/c1c(F)cccc1Cl. The van der Waals surface area contributed by atoms with E-state index in [9.17, 15) is 22.4 Å². The Labute approximate surface area is 133 Å². The lowest BCUT2D eigenvalue weighted by molar-refractivity contribution is -0.137. The number of alkyl halides is 3. The molecule has 2 nitrogen and oxygen atoms in total. The molecular formula is C16H8ClF4NO. The number of carbonyl (C=O) groups excluding carboxylic acids is 1. The number of nitrogens with one attached hydrogen (secondary N) is 1. The Balaban J connectivity index is 2.11. The number of halogens is 5. The summed E-state index contributed by atoms with van der Waals surface area (Å²) < 4.78 is 51.9. The van der Waals surface area contributed by atoms with E-state index in [2.05, 4.69) is 5.32 Å². The number of benzene rings is 2. The molecular weight excluding hydrogens is 334 g/mol. The van der Waals surface area contributed by atoms with Crippen LogP contribution in [0, 0.1) is 5.82 Å². The van der Waals surface area contributed by atoms with Gasteiger partial charge in [0.2, 0.25) is 0 Å². The van der Waals surface area contributed by atoms with Gasteiger partial charge in [0.15, 0.2) is 0 Å². The molecule has 23 heavy (non-hydrogen) atoms. The van der Waals surface area contributed by atoms with Crippen LogP contribution in [0.4, 0.5) is 23.2 Å². The number of rotatable bonds is 1. The van der Waals surface area contributed by atoms with Gasteiger partial charge in [-0.3, -0.25) is 4.79 Å². The zero-order valence-corrected chi connectivity index (χ0v) is 12.1. The van der Waals surface area contributed by atoms with Gasteiger partial charge in [-0.15, -0.1) is 0 Å². The number of amides is 1. The van der Waals surface area contributed by atoms with E-state index < -0.39 is 23.5 Å². The second kappa shape index (κ2) is 5.38. The normalized spacial score (nSPS) is 15.7. The molecule has 118 valence electrons. The van der Waals surface area contributed by atoms with Crippen molar-refractivity contribution in [3.05, 3.63) is 63.9 Å². The minimum Gasteiger partial charge on any atom is -0.321 e. The van der Waals surface area contributed by atoms with Crippen LogP contribution >= 0.6 is 11.6 Å². The molecule has 2 aromatic carbocycles. The van der Waals surface area contributed by atoms with Crippen LogP contribution in [0.3, 0.4) is 0 Å². The molecule has 0 radical (unpaired) electrons. The van der Waals surface area contributed by atoms with Crippen molar-refractivity contribution < 1.29 is 22.4 Å². The fourth-order valence-corrected chi connectivity index (χ4v) is 2.52. The Bertz CT molecular complexity index is 822. The predicted molar refractivity (Wildman–Crippen MR) is 79.4 cm³/mol. The summed E-state index contributed by atoms with van der Waals surface area (Å²) in [6.45, 7) is 0. The van der Waals surface area contributed by atoms with Gasteiger partial charge in [-0.05, 0) is 30.3 Å². The van der Waals surface area contributed by atoms with Crippen LogP contribution < -0.4 is 5.32 Å². The largest absolute Gasteiger partial charge is 0.416 e. The van der Waals surface area contributed by atoms with E-state index in [1.54, 1.807) is 0 Å². The number of hydrogen-bond acceptors (Lipinski definition) is 1. The number of fused-ring (bicyclic) bond motifs is 1. The van der Waals surface area contributed by atoms with Crippen LogP contribution in [-0.2, 0) is 11.0 Å². The molecule has 2 aromatic rings. The molecule has 1 aliphatic rings. The fraction of sp³-hybridized carbons (Fsp3) is 0.0625. The highest BCUT2D eigenvalue weighted by Crippen LogP contribution is 2.39. The first-order valence-corrected chi connectivity index (χ1v) is 6.84. The van der Waals surface area contributed by atoms with Crippen LogP contribution in [0.2, 0.25) is 5.02 Å². The van der Waals surface area contributed by atoms with Crippen molar-refractivity contribution >= 4 is 34.8 Å². The standard InChI is InChI=1S/C16H8ClF4NO/c17-12-2-1-3-13(18)11(12)7-10-9-5-4-8(16(19,20)21)6-14(9)22-15(10)23/h1-7H,(H,22,23)/b10-7-. The number of carbonyl (C=O) groups is 1. The topological polar surface area (TPSA) is 29.1 Å². The first-order chi connectivity index (χ1) is 10.8. The highest BCUT2D eigenvalue weighted by Gasteiger charge is 2.33. The fourth-order valence-electron chi connectivity index (χ4n) is 2.31.